The maximum absolute atomic E-state index is 13.3. The molecule has 9 heteroatoms. The molecule has 156 valence electrons. The maximum Gasteiger partial charge on any atom is 0.322 e. The molecule has 1 aromatic heterocycles. The smallest absolute Gasteiger partial charge is 0.314 e. The van der Waals surface area contributed by atoms with Gasteiger partial charge >= 0.3 is 6.03 Å². The van der Waals surface area contributed by atoms with Crippen molar-refractivity contribution in [2.75, 3.05) is 11.9 Å². The van der Waals surface area contributed by atoms with E-state index in [1.807, 2.05) is 35.8 Å². The molecule has 0 bridgehead atoms. The lowest BCUT2D eigenvalue weighted by Gasteiger charge is -2.25. The summed E-state index contributed by atoms with van der Waals surface area (Å²) in [6.45, 7) is 3.06. The second-order valence-electron chi connectivity index (χ2n) is 7.22. The van der Waals surface area contributed by atoms with Gasteiger partial charge in [-0.15, -0.1) is 10.2 Å². The summed E-state index contributed by atoms with van der Waals surface area (Å²) >= 11 is 12.0. The molecule has 6 nitrogen and oxygen atoms in total. The van der Waals surface area contributed by atoms with Gasteiger partial charge in [0.05, 0.1) is 23.3 Å². The fourth-order valence-corrected chi connectivity index (χ4v) is 4.01. The number of aryl methyl sites for hydroxylation is 1. The molecule has 0 aliphatic carbocycles. The summed E-state index contributed by atoms with van der Waals surface area (Å²) < 4.78 is 15.3. The van der Waals surface area contributed by atoms with E-state index in [2.05, 4.69) is 15.5 Å². The van der Waals surface area contributed by atoms with Crippen molar-refractivity contribution in [3.63, 3.8) is 0 Å². The average Bonchev–Trinajstić information content (AvgIpc) is 3.33. The zero-order valence-corrected chi connectivity index (χ0v) is 17.8. The van der Waals surface area contributed by atoms with Crippen molar-refractivity contribution in [3.8, 4) is 0 Å². The Morgan fingerprint density at radius 2 is 1.97 bits per heavy atom. The largest absolute Gasteiger partial charge is 0.322 e. The van der Waals surface area contributed by atoms with Crippen LogP contribution in [0.4, 0.5) is 14.9 Å². The van der Waals surface area contributed by atoms with Gasteiger partial charge in [-0.3, -0.25) is 0 Å². The lowest BCUT2D eigenvalue weighted by atomic mass is 10.2. The predicted molar refractivity (Wildman–Crippen MR) is 114 cm³/mol. The first-order valence-corrected chi connectivity index (χ1v) is 10.3. The van der Waals surface area contributed by atoms with Gasteiger partial charge < -0.3 is 14.8 Å². The number of hydrogen-bond donors (Lipinski definition) is 1. The Hall–Kier alpha value is -2.64. The SMILES string of the molecule is Cc1nnc([C@H]2CCCN2C(=O)Nc2ccc(F)cc2Cl)n1Cc1ccc(Cl)cc1. The molecule has 2 heterocycles. The van der Waals surface area contributed by atoms with E-state index in [0.29, 0.717) is 23.8 Å². The Balaban J connectivity index is 1.56. The summed E-state index contributed by atoms with van der Waals surface area (Å²) in [6, 6.07) is 11.0. The van der Waals surface area contributed by atoms with Crippen LogP contribution in [0.15, 0.2) is 42.5 Å². The molecule has 4 rings (SSSR count). The van der Waals surface area contributed by atoms with Gasteiger partial charge in [0.1, 0.15) is 11.6 Å². The number of aromatic nitrogens is 3. The van der Waals surface area contributed by atoms with E-state index in [1.165, 1.54) is 18.2 Å². The molecule has 0 saturated carbocycles. The standard InChI is InChI=1S/C21H20Cl2FN5O/c1-13-26-27-20(29(13)12-14-4-6-15(22)7-5-14)19-3-2-10-28(19)21(30)25-18-9-8-16(24)11-17(18)23/h4-9,11,19H,2-3,10,12H2,1H3,(H,25,30)/t19-/m1/s1. The maximum atomic E-state index is 13.3. The number of carbonyl (C=O) groups excluding carboxylic acids is 1. The van der Waals surface area contributed by atoms with Gasteiger partial charge in [0.15, 0.2) is 5.82 Å². The van der Waals surface area contributed by atoms with Crippen LogP contribution in [0.2, 0.25) is 10.0 Å². The Labute approximate surface area is 183 Å². The second-order valence-corrected chi connectivity index (χ2v) is 8.07. The van der Waals surface area contributed by atoms with Crippen LogP contribution in [0.3, 0.4) is 0 Å². The first-order chi connectivity index (χ1) is 14.4. The van der Waals surface area contributed by atoms with Crippen LogP contribution in [-0.2, 0) is 6.54 Å². The van der Waals surface area contributed by atoms with Crippen LogP contribution in [0.5, 0.6) is 0 Å². The molecule has 1 atom stereocenters. The number of rotatable bonds is 4. The van der Waals surface area contributed by atoms with Crippen molar-refractivity contribution in [1.82, 2.24) is 19.7 Å². The number of likely N-dealkylation sites (tertiary alicyclic amines) is 1. The predicted octanol–water partition coefficient (Wildman–Crippen LogP) is 5.45. The van der Waals surface area contributed by atoms with Crippen molar-refractivity contribution in [3.05, 3.63) is 75.5 Å². The van der Waals surface area contributed by atoms with Crippen molar-refractivity contribution in [2.24, 2.45) is 0 Å². The number of anilines is 1. The zero-order valence-electron chi connectivity index (χ0n) is 16.3. The molecule has 30 heavy (non-hydrogen) atoms. The zero-order chi connectivity index (χ0) is 21.3. The first-order valence-electron chi connectivity index (χ1n) is 9.59. The van der Waals surface area contributed by atoms with Gasteiger partial charge in [-0.2, -0.15) is 0 Å². The van der Waals surface area contributed by atoms with Gasteiger partial charge in [-0.05, 0) is 55.7 Å². The number of hydrogen-bond acceptors (Lipinski definition) is 3. The van der Waals surface area contributed by atoms with Crippen LogP contribution in [-0.4, -0.2) is 32.2 Å². The van der Waals surface area contributed by atoms with E-state index in [1.54, 1.807) is 4.90 Å². The Kier molecular flexibility index (Phi) is 5.92. The number of benzene rings is 2. The summed E-state index contributed by atoms with van der Waals surface area (Å²) in [5.41, 5.74) is 1.43. The van der Waals surface area contributed by atoms with E-state index >= 15 is 0 Å². The molecule has 1 N–H and O–H groups in total. The molecule has 0 unspecified atom stereocenters. The summed E-state index contributed by atoms with van der Waals surface area (Å²) in [5.74, 6) is 1.05. The van der Waals surface area contributed by atoms with E-state index in [4.69, 9.17) is 23.2 Å². The molecule has 1 aliphatic heterocycles. The van der Waals surface area contributed by atoms with Gasteiger partial charge in [0.25, 0.3) is 0 Å². The van der Waals surface area contributed by atoms with Crippen LogP contribution in [0, 0.1) is 12.7 Å². The summed E-state index contributed by atoms with van der Waals surface area (Å²) in [7, 11) is 0. The minimum atomic E-state index is -0.456. The molecule has 3 aromatic rings. The Bertz CT molecular complexity index is 1070. The lowest BCUT2D eigenvalue weighted by molar-refractivity contribution is 0.204. The molecule has 1 fully saturated rings. The number of halogens is 3. The van der Waals surface area contributed by atoms with E-state index in [-0.39, 0.29) is 17.1 Å². The van der Waals surface area contributed by atoms with E-state index in [0.717, 1.165) is 30.1 Å². The van der Waals surface area contributed by atoms with Crippen molar-refractivity contribution in [2.45, 2.75) is 32.4 Å². The quantitative estimate of drug-likeness (QED) is 0.578. The molecule has 1 aliphatic rings. The Morgan fingerprint density at radius 1 is 1.20 bits per heavy atom. The third-order valence-electron chi connectivity index (χ3n) is 5.20. The lowest BCUT2D eigenvalue weighted by Crippen LogP contribution is -2.35. The van der Waals surface area contributed by atoms with Crippen LogP contribution < -0.4 is 5.32 Å². The molecule has 2 aromatic carbocycles. The van der Waals surface area contributed by atoms with Crippen molar-refractivity contribution < 1.29 is 9.18 Å². The number of nitrogens with zero attached hydrogens (tertiary/aromatic N) is 4. The van der Waals surface area contributed by atoms with E-state index in [9.17, 15) is 9.18 Å². The molecule has 0 radical (unpaired) electrons. The monoisotopic (exact) mass is 447 g/mol. The minimum absolute atomic E-state index is 0.154. The topological polar surface area (TPSA) is 63.1 Å². The van der Waals surface area contributed by atoms with Crippen LogP contribution in [0.1, 0.15) is 36.1 Å². The van der Waals surface area contributed by atoms with Gasteiger partial charge in [-0.25, -0.2) is 9.18 Å². The normalized spacial score (nSPS) is 16.1. The van der Waals surface area contributed by atoms with Gasteiger partial charge in [0.2, 0.25) is 0 Å². The Morgan fingerprint density at radius 3 is 2.70 bits per heavy atom. The van der Waals surface area contributed by atoms with E-state index < -0.39 is 5.82 Å². The second kappa shape index (κ2) is 8.62. The molecular formula is C21H20Cl2FN5O. The van der Waals surface area contributed by atoms with Gasteiger partial charge in [0, 0.05) is 11.6 Å². The van der Waals surface area contributed by atoms with Crippen LogP contribution >= 0.6 is 23.2 Å². The van der Waals surface area contributed by atoms with Crippen molar-refractivity contribution >= 4 is 34.9 Å². The van der Waals surface area contributed by atoms with Crippen molar-refractivity contribution in [1.29, 1.82) is 0 Å². The molecule has 1 saturated heterocycles. The summed E-state index contributed by atoms with van der Waals surface area (Å²) in [5, 5.41) is 12.2. The fraction of sp³-hybridized carbons (Fsp3) is 0.286. The molecule has 2 amide bonds. The first kappa shape index (κ1) is 20.6. The highest BCUT2D eigenvalue weighted by Crippen LogP contribution is 2.33. The number of amides is 2. The highest BCUT2D eigenvalue weighted by Gasteiger charge is 2.34. The molecule has 0 spiro atoms. The van der Waals surface area contributed by atoms with Crippen LogP contribution in [0.25, 0.3) is 0 Å². The summed E-state index contributed by atoms with van der Waals surface area (Å²) in [4.78, 5) is 14.7. The fourth-order valence-electron chi connectivity index (χ4n) is 3.67. The summed E-state index contributed by atoms with van der Waals surface area (Å²) in [6.07, 6.45) is 1.63. The number of nitrogens with one attached hydrogen (secondary N) is 1. The average molecular weight is 448 g/mol. The third-order valence-corrected chi connectivity index (χ3v) is 5.77. The molecular weight excluding hydrogens is 428 g/mol. The highest BCUT2D eigenvalue weighted by atomic mass is 35.5. The minimum Gasteiger partial charge on any atom is -0.314 e. The van der Waals surface area contributed by atoms with Gasteiger partial charge in [-0.1, -0.05) is 35.3 Å². The number of carbonyl (C=O) groups is 1. The third kappa shape index (κ3) is 4.27. The highest BCUT2D eigenvalue weighted by molar-refractivity contribution is 6.33. The number of urea groups is 1.